The van der Waals surface area contributed by atoms with E-state index < -0.39 is 6.04 Å². The number of amides is 2. The normalized spacial score (nSPS) is 21.3. The number of phenols is 1. The number of para-hydroxylation sites is 1. The monoisotopic (exact) mass is 310 g/mol. The molecule has 0 radical (unpaired) electrons. The Hall–Kier alpha value is -1.73. The van der Waals surface area contributed by atoms with E-state index in [-0.39, 0.29) is 36.1 Å². The molecule has 1 aliphatic rings. The average Bonchev–Trinajstić information content (AvgIpc) is 2.90. The summed E-state index contributed by atoms with van der Waals surface area (Å²) in [4.78, 5) is 25.5. The molecule has 2 rings (SSSR count). The summed E-state index contributed by atoms with van der Waals surface area (Å²) in [5, 5.41) is 20.9. The van der Waals surface area contributed by atoms with E-state index in [1.807, 2.05) is 0 Å². The number of benzene rings is 1. The van der Waals surface area contributed by atoms with Crippen LogP contribution in [0.25, 0.3) is 0 Å². The minimum absolute atomic E-state index is 0.109. The molecule has 0 unspecified atom stereocenters. The van der Waals surface area contributed by atoms with Crippen LogP contribution in [0.15, 0.2) is 24.3 Å². The van der Waals surface area contributed by atoms with E-state index in [2.05, 4.69) is 5.32 Å². The van der Waals surface area contributed by atoms with Crippen molar-refractivity contribution in [3.8, 4) is 5.75 Å². The summed E-state index contributed by atoms with van der Waals surface area (Å²) in [6.07, 6.45) is 0. The zero-order valence-electron chi connectivity index (χ0n) is 11.7. The molecule has 6 nitrogen and oxygen atoms in total. The van der Waals surface area contributed by atoms with Gasteiger partial charge >= 0.3 is 0 Å². The van der Waals surface area contributed by atoms with Crippen LogP contribution in [0.4, 0.5) is 0 Å². The third kappa shape index (κ3) is 3.30. The van der Waals surface area contributed by atoms with E-state index in [1.54, 1.807) is 24.3 Å². The summed E-state index contributed by atoms with van der Waals surface area (Å²) in [7, 11) is 0. The van der Waals surface area contributed by atoms with Gasteiger partial charge in [0.15, 0.2) is 0 Å². The summed E-state index contributed by atoms with van der Waals surface area (Å²) in [6.45, 7) is 1.42. The van der Waals surface area contributed by atoms with E-state index in [9.17, 15) is 14.7 Å². The second kappa shape index (κ2) is 6.82. The average molecular weight is 310 g/mol. The number of carbonyl (C=O) groups is 2. The van der Waals surface area contributed by atoms with Crippen LogP contribution in [0, 0.1) is 0 Å². The Morgan fingerprint density at radius 2 is 2.14 bits per heavy atom. The van der Waals surface area contributed by atoms with Crippen molar-refractivity contribution < 1.29 is 19.8 Å². The molecule has 1 aromatic rings. The van der Waals surface area contributed by atoms with Gasteiger partial charge in [0.1, 0.15) is 17.2 Å². The highest BCUT2D eigenvalue weighted by Crippen LogP contribution is 2.44. The number of phenolic OH excluding ortho intramolecular Hbond substituents is 1. The molecule has 1 saturated heterocycles. The largest absolute Gasteiger partial charge is 0.508 e. The first-order chi connectivity index (χ1) is 10.1. The van der Waals surface area contributed by atoms with Crippen LogP contribution in [0.2, 0.25) is 0 Å². The number of nitrogens with one attached hydrogen (secondary N) is 1. The molecule has 0 spiro atoms. The van der Waals surface area contributed by atoms with Crippen LogP contribution >= 0.6 is 11.8 Å². The number of rotatable bonds is 4. The highest BCUT2D eigenvalue weighted by Gasteiger charge is 2.41. The minimum atomic E-state index is -0.594. The lowest BCUT2D eigenvalue weighted by Crippen LogP contribution is -2.47. The predicted molar refractivity (Wildman–Crippen MR) is 79.7 cm³/mol. The van der Waals surface area contributed by atoms with E-state index in [1.165, 1.54) is 23.6 Å². The molecule has 114 valence electrons. The lowest BCUT2D eigenvalue weighted by Gasteiger charge is -2.28. The Morgan fingerprint density at radius 3 is 2.76 bits per heavy atom. The SMILES string of the molecule is CC(=O)N1[C@@H](C(=O)NCCO)CS[C@@H]1c1ccccc1O. The second-order valence-electron chi connectivity index (χ2n) is 4.70. The highest BCUT2D eigenvalue weighted by atomic mass is 32.2. The fraction of sp³-hybridized carbons (Fsp3) is 0.429. The maximum Gasteiger partial charge on any atom is 0.243 e. The van der Waals surface area contributed by atoms with Gasteiger partial charge in [-0.1, -0.05) is 18.2 Å². The van der Waals surface area contributed by atoms with E-state index in [0.717, 1.165) is 0 Å². The molecule has 0 aromatic heterocycles. The maximum absolute atomic E-state index is 12.1. The number of nitrogens with zero attached hydrogens (tertiary/aromatic N) is 1. The third-order valence-corrected chi connectivity index (χ3v) is 4.59. The Bertz CT molecular complexity index is 537. The van der Waals surface area contributed by atoms with Crippen LogP contribution < -0.4 is 5.32 Å². The lowest BCUT2D eigenvalue weighted by atomic mass is 10.1. The number of aliphatic hydroxyl groups excluding tert-OH is 1. The fourth-order valence-corrected chi connectivity index (χ4v) is 3.84. The molecular formula is C14H18N2O4S. The molecule has 1 fully saturated rings. The van der Waals surface area contributed by atoms with Gasteiger partial charge in [0.2, 0.25) is 11.8 Å². The van der Waals surface area contributed by atoms with Crippen LogP contribution in [0.3, 0.4) is 0 Å². The van der Waals surface area contributed by atoms with Gasteiger partial charge < -0.3 is 20.4 Å². The molecule has 1 aromatic carbocycles. The number of aromatic hydroxyl groups is 1. The van der Waals surface area contributed by atoms with Gasteiger partial charge in [0.25, 0.3) is 0 Å². The van der Waals surface area contributed by atoms with Crippen molar-refractivity contribution in [2.24, 2.45) is 0 Å². The molecule has 0 saturated carbocycles. The molecule has 2 atom stereocenters. The number of hydrogen-bond acceptors (Lipinski definition) is 5. The van der Waals surface area contributed by atoms with Gasteiger partial charge in [-0.25, -0.2) is 0 Å². The quantitative estimate of drug-likeness (QED) is 0.752. The van der Waals surface area contributed by atoms with E-state index in [4.69, 9.17) is 5.11 Å². The van der Waals surface area contributed by atoms with Crippen LogP contribution in [-0.4, -0.2) is 51.9 Å². The van der Waals surface area contributed by atoms with Gasteiger partial charge in [-0.2, -0.15) is 0 Å². The van der Waals surface area contributed by atoms with Crippen molar-refractivity contribution in [3.63, 3.8) is 0 Å². The molecule has 3 N–H and O–H groups in total. The number of aliphatic hydroxyl groups is 1. The zero-order valence-corrected chi connectivity index (χ0v) is 12.5. The zero-order chi connectivity index (χ0) is 15.4. The molecule has 21 heavy (non-hydrogen) atoms. The van der Waals surface area contributed by atoms with Crippen molar-refractivity contribution >= 4 is 23.6 Å². The number of thioether (sulfide) groups is 1. The van der Waals surface area contributed by atoms with Crippen molar-refractivity contribution in [1.82, 2.24) is 10.2 Å². The lowest BCUT2D eigenvalue weighted by molar-refractivity contribution is -0.138. The molecule has 7 heteroatoms. The van der Waals surface area contributed by atoms with Crippen LogP contribution in [-0.2, 0) is 9.59 Å². The Kier molecular flexibility index (Phi) is 5.08. The Labute approximate surface area is 127 Å². The van der Waals surface area contributed by atoms with Crippen molar-refractivity contribution in [1.29, 1.82) is 0 Å². The molecule has 1 aliphatic heterocycles. The summed E-state index contributed by atoms with van der Waals surface area (Å²) in [6, 6.07) is 6.21. The highest BCUT2D eigenvalue weighted by molar-refractivity contribution is 7.99. The third-order valence-electron chi connectivity index (χ3n) is 3.28. The fourth-order valence-electron chi connectivity index (χ4n) is 2.33. The first-order valence-electron chi connectivity index (χ1n) is 6.63. The molecule has 0 aliphatic carbocycles. The summed E-state index contributed by atoms with van der Waals surface area (Å²) >= 11 is 1.44. The predicted octanol–water partition coefficient (Wildman–Crippen LogP) is 0.463. The van der Waals surface area contributed by atoms with Crippen LogP contribution in [0.5, 0.6) is 5.75 Å². The van der Waals surface area contributed by atoms with Gasteiger partial charge in [0, 0.05) is 24.8 Å². The standard InChI is InChI=1S/C14H18N2O4S/c1-9(18)16-11(13(20)15-6-7-17)8-21-14(16)10-4-2-3-5-12(10)19/h2-5,11,14,17,19H,6-8H2,1H3,(H,15,20)/t11-,14-/m1/s1. The van der Waals surface area contributed by atoms with Crippen molar-refractivity contribution in [3.05, 3.63) is 29.8 Å². The first-order valence-corrected chi connectivity index (χ1v) is 7.68. The number of carbonyl (C=O) groups excluding carboxylic acids is 2. The summed E-state index contributed by atoms with van der Waals surface area (Å²) in [5.74, 6) is 0.0512. The molecule has 1 heterocycles. The first kappa shape index (κ1) is 15.7. The smallest absolute Gasteiger partial charge is 0.243 e. The molecular weight excluding hydrogens is 292 g/mol. The van der Waals surface area contributed by atoms with Gasteiger partial charge in [-0.15, -0.1) is 11.8 Å². The van der Waals surface area contributed by atoms with Crippen molar-refractivity contribution in [2.75, 3.05) is 18.9 Å². The minimum Gasteiger partial charge on any atom is -0.508 e. The topological polar surface area (TPSA) is 89.9 Å². The second-order valence-corrected chi connectivity index (χ2v) is 5.81. The number of hydrogen-bond donors (Lipinski definition) is 3. The van der Waals surface area contributed by atoms with Crippen molar-refractivity contribution in [2.45, 2.75) is 18.3 Å². The maximum atomic E-state index is 12.1. The summed E-state index contributed by atoms with van der Waals surface area (Å²) in [5.41, 5.74) is 0.621. The Balaban J connectivity index is 2.23. The van der Waals surface area contributed by atoms with Gasteiger partial charge in [-0.05, 0) is 6.07 Å². The molecule has 2 amide bonds. The summed E-state index contributed by atoms with van der Waals surface area (Å²) < 4.78 is 0. The van der Waals surface area contributed by atoms with Crippen LogP contribution in [0.1, 0.15) is 17.9 Å². The Morgan fingerprint density at radius 1 is 1.43 bits per heavy atom. The van der Waals surface area contributed by atoms with Gasteiger partial charge in [0.05, 0.1) is 6.61 Å². The van der Waals surface area contributed by atoms with E-state index in [0.29, 0.717) is 11.3 Å². The molecule has 0 bridgehead atoms. The van der Waals surface area contributed by atoms with Gasteiger partial charge in [-0.3, -0.25) is 9.59 Å². The van der Waals surface area contributed by atoms with E-state index >= 15 is 0 Å².